The fourth-order valence-corrected chi connectivity index (χ4v) is 2.60. The molecule has 2 aromatic rings. The number of Topliss-reactive ketones (excluding diaryl/α,β-unsaturated/α-hetero) is 1. The summed E-state index contributed by atoms with van der Waals surface area (Å²) in [5.74, 6) is 0.441. The number of aromatic nitrogens is 2. The van der Waals surface area contributed by atoms with E-state index in [0.29, 0.717) is 0 Å². The van der Waals surface area contributed by atoms with Gasteiger partial charge in [0.25, 0.3) is 0 Å². The van der Waals surface area contributed by atoms with Gasteiger partial charge in [-0.25, -0.2) is 0 Å². The topological polar surface area (TPSA) is 42.9 Å². The molecule has 0 atom stereocenters. The van der Waals surface area contributed by atoms with Crippen LogP contribution in [-0.2, 0) is 0 Å². The molecule has 1 aromatic carbocycles. The number of para-hydroxylation sites is 1. The molecule has 0 amide bonds. The van der Waals surface area contributed by atoms with E-state index < -0.39 is 0 Å². The second-order valence-corrected chi connectivity index (χ2v) is 4.58. The van der Waals surface area contributed by atoms with Crippen molar-refractivity contribution in [2.75, 3.05) is 0 Å². The monoisotopic (exact) mass is 226 g/mol. The highest BCUT2D eigenvalue weighted by molar-refractivity contribution is 6.07. The molecule has 0 radical (unpaired) electrons. The van der Waals surface area contributed by atoms with Crippen molar-refractivity contribution in [3.8, 4) is 0 Å². The molecule has 0 bridgehead atoms. The zero-order valence-corrected chi connectivity index (χ0v) is 9.60. The van der Waals surface area contributed by atoms with Gasteiger partial charge in [-0.3, -0.25) is 14.8 Å². The Kier molecular flexibility index (Phi) is 2.59. The summed E-state index contributed by atoms with van der Waals surface area (Å²) in [4.78, 5) is 20.9. The van der Waals surface area contributed by atoms with Gasteiger partial charge < -0.3 is 0 Å². The first kappa shape index (κ1) is 10.4. The van der Waals surface area contributed by atoms with Gasteiger partial charge in [0.05, 0.1) is 11.0 Å². The van der Waals surface area contributed by atoms with Crippen LogP contribution in [0.1, 0.15) is 36.0 Å². The summed E-state index contributed by atoms with van der Waals surface area (Å²) < 4.78 is 0. The molecule has 1 fully saturated rings. The van der Waals surface area contributed by atoms with Crippen molar-refractivity contribution in [3.05, 3.63) is 36.2 Å². The average Bonchev–Trinajstić information content (AvgIpc) is 2.91. The standard InChI is InChI=1S/C14H14N2O/c17-14(10-4-1-2-5-10)11-6-3-7-12-13(11)16-9-8-15-12/h3,6-10H,1-2,4-5H2. The third-order valence-electron chi connectivity index (χ3n) is 3.49. The van der Waals surface area contributed by atoms with Gasteiger partial charge in [-0.1, -0.05) is 18.9 Å². The fourth-order valence-electron chi connectivity index (χ4n) is 2.60. The first-order chi connectivity index (χ1) is 8.36. The molecule has 1 aliphatic rings. The second-order valence-electron chi connectivity index (χ2n) is 4.58. The van der Waals surface area contributed by atoms with Crippen LogP contribution in [-0.4, -0.2) is 15.8 Å². The number of hydrogen-bond donors (Lipinski definition) is 0. The maximum absolute atomic E-state index is 12.4. The SMILES string of the molecule is O=C(c1cccc2nccnc12)C1CCCC1. The van der Waals surface area contributed by atoms with Crippen molar-refractivity contribution in [1.29, 1.82) is 0 Å². The zero-order chi connectivity index (χ0) is 11.7. The van der Waals surface area contributed by atoms with Crippen LogP contribution in [0.3, 0.4) is 0 Å². The van der Waals surface area contributed by atoms with E-state index in [1.165, 1.54) is 12.8 Å². The predicted molar refractivity (Wildman–Crippen MR) is 65.8 cm³/mol. The molecule has 1 heterocycles. The summed E-state index contributed by atoms with van der Waals surface area (Å²) in [7, 11) is 0. The van der Waals surface area contributed by atoms with Crippen molar-refractivity contribution in [2.45, 2.75) is 25.7 Å². The Labute approximate surface area is 99.9 Å². The van der Waals surface area contributed by atoms with Crippen molar-refractivity contribution in [2.24, 2.45) is 5.92 Å². The highest BCUT2D eigenvalue weighted by Crippen LogP contribution is 2.29. The van der Waals surface area contributed by atoms with E-state index in [0.717, 1.165) is 29.4 Å². The number of carbonyl (C=O) groups excluding carboxylic acids is 1. The van der Waals surface area contributed by atoms with E-state index >= 15 is 0 Å². The molecular formula is C14H14N2O. The summed E-state index contributed by atoms with van der Waals surface area (Å²) in [5, 5.41) is 0. The van der Waals surface area contributed by atoms with Crippen molar-refractivity contribution >= 4 is 16.8 Å². The number of fused-ring (bicyclic) bond motifs is 1. The van der Waals surface area contributed by atoms with Crippen LogP contribution in [0, 0.1) is 5.92 Å². The second kappa shape index (κ2) is 4.24. The Hall–Kier alpha value is -1.77. The minimum atomic E-state index is 0.197. The number of ketones is 1. The zero-order valence-electron chi connectivity index (χ0n) is 9.60. The molecule has 0 N–H and O–H groups in total. The van der Waals surface area contributed by atoms with Crippen LogP contribution in [0.2, 0.25) is 0 Å². The molecule has 17 heavy (non-hydrogen) atoms. The Morgan fingerprint density at radius 3 is 2.71 bits per heavy atom. The number of hydrogen-bond acceptors (Lipinski definition) is 3. The maximum Gasteiger partial charge on any atom is 0.168 e. The van der Waals surface area contributed by atoms with Gasteiger partial charge in [0.15, 0.2) is 5.78 Å². The average molecular weight is 226 g/mol. The Morgan fingerprint density at radius 1 is 1.12 bits per heavy atom. The number of carbonyl (C=O) groups is 1. The molecule has 0 saturated heterocycles. The van der Waals surface area contributed by atoms with Gasteiger partial charge in [0.2, 0.25) is 0 Å². The Morgan fingerprint density at radius 2 is 1.88 bits per heavy atom. The van der Waals surface area contributed by atoms with E-state index in [9.17, 15) is 4.79 Å². The molecule has 3 rings (SSSR count). The summed E-state index contributed by atoms with van der Waals surface area (Å²) in [6.07, 6.45) is 7.70. The first-order valence-electron chi connectivity index (χ1n) is 6.10. The molecule has 3 heteroatoms. The number of benzene rings is 1. The van der Waals surface area contributed by atoms with Gasteiger partial charge in [0.1, 0.15) is 0 Å². The van der Waals surface area contributed by atoms with E-state index in [1.807, 2.05) is 18.2 Å². The van der Waals surface area contributed by atoms with Crippen LogP contribution in [0.5, 0.6) is 0 Å². The molecule has 1 aliphatic carbocycles. The van der Waals surface area contributed by atoms with Crippen LogP contribution < -0.4 is 0 Å². The van der Waals surface area contributed by atoms with Gasteiger partial charge in [-0.05, 0) is 25.0 Å². The minimum absolute atomic E-state index is 0.197. The van der Waals surface area contributed by atoms with Gasteiger partial charge in [-0.2, -0.15) is 0 Å². The normalized spacial score (nSPS) is 16.5. The Bertz CT molecular complexity index is 554. The van der Waals surface area contributed by atoms with Crippen molar-refractivity contribution in [1.82, 2.24) is 9.97 Å². The molecule has 0 aliphatic heterocycles. The van der Waals surface area contributed by atoms with Crippen LogP contribution >= 0.6 is 0 Å². The van der Waals surface area contributed by atoms with E-state index in [2.05, 4.69) is 9.97 Å². The van der Waals surface area contributed by atoms with Gasteiger partial charge in [0, 0.05) is 23.9 Å². The lowest BCUT2D eigenvalue weighted by Crippen LogP contribution is -2.12. The molecule has 1 saturated carbocycles. The molecule has 0 spiro atoms. The lowest BCUT2D eigenvalue weighted by molar-refractivity contribution is 0.0924. The van der Waals surface area contributed by atoms with Crippen LogP contribution in [0.4, 0.5) is 0 Å². The van der Waals surface area contributed by atoms with Gasteiger partial charge >= 0.3 is 0 Å². The van der Waals surface area contributed by atoms with Crippen LogP contribution in [0.15, 0.2) is 30.6 Å². The molecule has 0 unspecified atom stereocenters. The highest BCUT2D eigenvalue weighted by Gasteiger charge is 2.25. The van der Waals surface area contributed by atoms with Crippen molar-refractivity contribution in [3.63, 3.8) is 0 Å². The van der Waals surface area contributed by atoms with Crippen LogP contribution in [0.25, 0.3) is 11.0 Å². The smallest absolute Gasteiger partial charge is 0.168 e. The Balaban J connectivity index is 2.07. The summed E-state index contributed by atoms with van der Waals surface area (Å²) >= 11 is 0. The molecular weight excluding hydrogens is 212 g/mol. The van der Waals surface area contributed by atoms with Gasteiger partial charge in [-0.15, -0.1) is 0 Å². The lowest BCUT2D eigenvalue weighted by Gasteiger charge is -2.09. The van der Waals surface area contributed by atoms with Crippen molar-refractivity contribution < 1.29 is 4.79 Å². The predicted octanol–water partition coefficient (Wildman–Crippen LogP) is 3.00. The molecule has 1 aromatic heterocycles. The highest BCUT2D eigenvalue weighted by atomic mass is 16.1. The minimum Gasteiger partial charge on any atom is -0.294 e. The quantitative estimate of drug-likeness (QED) is 0.739. The summed E-state index contributed by atoms with van der Waals surface area (Å²) in [6, 6.07) is 5.66. The van der Waals surface area contributed by atoms with E-state index in [1.54, 1.807) is 12.4 Å². The third-order valence-corrected chi connectivity index (χ3v) is 3.49. The number of rotatable bonds is 2. The summed E-state index contributed by atoms with van der Waals surface area (Å²) in [5.41, 5.74) is 2.28. The first-order valence-corrected chi connectivity index (χ1v) is 6.10. The van der Waals surface area contributed by atoms with E-state index in [4.69, 9.17) is 0 Å². The van der Waals surface area contributed by atoms with E-state index in [-0.39, 0.29) is 11.7 Å². The fraction of sp³-hybridized carbons (Fsp3) is 0.357. The third kappa shape index (κ3) is 1.82. The lowest BCUT2D eigenvalue weighted by atomic mass is 9.95. The molecule has 86 valence electrons. The number of nitrogens with zero attached hydrogens (tertiary/aromatic N) is 2. The maximum atomic E-state index is 12.4. The molecule has 3 nitrogen and oxygen atoms in total. The largest absolute Gasteiger partial charge is 0.294 e. The summed E-state index contributed by atoms with van der Waals surface area (Å²) in [6.45, 7) is 0.